The number of imidazole rings is 1. The second-order valence-corrected chi connectivity index (χ2v) is 3.85. The molecule has 2 rings (SSSR count). The van der Waals surface area contributed by atoms with Crippen LogP contribution in [0.4, 0.5) is 13.2 Å². The Bertz CT molecular complexity index is 518. The van der Waals surface area contributed by atoms with Gasteiger partial charge in [0.15, 0.2) is 0 Å². The van der Waals surface area contributed by atoms with E-state index in [9.17, 15) is 13.2 Å². The fourth-order valence-corrected chi connectivity index (χ4v) is 1.77. The summed E-state index contributed by atoms with van der Waals surface area (Å²) in [5.74, 6) is 0. The van der Waals surface area contributed by atoms with E-state index in [0.29, 0.717) is 5.69 Å². The zero-order valence-corrected chi connectivity index (χ0v) is 9.48. The standard InChI is InChI=1S/C12H12F3N3/c13-12(14,15)11-7-10(18-6-5-17-8-18)2-1-9(11)3-4-16/h1-2,5-8H,3-4,16H2. The smallest absolute Gasteiger partial charge is 0.330 e. The Kier molecular flexibility index (Phi) is 3.38. The predicted octanol–water partition coefficient (Wildman–Crippen LogP) is 2.39. The van der Waals surface area contributed by atoms with Gasteiger partial charge in [0, 0.05) is 18.1 Å². The average molecular weight is 255 g/mol. The van der Waals surface area contributed by atoms with Crippen LogP contribution < -0.4 is 5.73 Å². The number of hydrogen-bond acceptors (Lipinski definition) is 2. The summed E-state index contributed by atoms with van der Waals surface area (Å²) in [5, 5.41) is 0. The monoisotopic (exact) mass is 255 g/mol. The summed E-state index contributed by atoms with van der Waals surface area (Å²) in [4.78, 5) is 3.81. The molecule has 0 aliphatic rings. The van der Waals surface area contributed by atoms with Crippen molar-refractivity contribution in [3.05, 3.63) is 48.0 Å². The maximum absolute atomic E-state index is 12.9. The van der Waals surface area contributed by atoms with Gasteiger partial charge in [-0.15, -0.1) is 0 Å². The minimum absolute atomic E-state index is 0.188. The lowest BCUT2D eigenvalue weighted by Gasteiger charge is -2.14. The van der Waals surface area contributed by atoms with Gasteiger partial charge in [-0.1, -0.05) is 6.07 Å². The van der Waals surface area contributed by atoms with Crippen molar-refractivity contribution in [1.82, 2.24) is 9.55 Å². The molecule has 0 bridgehead atoms. The summed E-state index contributed by atoms with van der Waals surface area (Å²) in [6.45, 7) is 0.188. The second-order valence-electron chi connectivity index (χ2n) is 3.85. The molecule has 0 fully saturated rings. The Labute approximate surface area is 102 Å². The van der Waals surface area contributed by atoms with Gasteiger partial charge in [0.2, 0.25) is 0 Å². The molecular formula is C12H12F3N3. The third kappa shape index (κ3) is 2.53. The van der Waals surface area contributed by atoms with E-state index < -0.39 is 11.7 Å². The molecule has 0 radical (unpaired) electrons. The molecule has 0 saturated carbocycles. The molecule has 18 heavy (non-hydrogen) atoms. The summed E-state index contributed by atoms with van der Waals surface area (Å²) in [6, 6.07) is 4.21. The fraction of sp³-hybridized carbons (Fsp3) is 0.250. The second kappa shape index (κ2) is 4.81. The Morgan fingerprint density at radius 2 is 2.06 bits per heavy atom. The molecule has 0 spiro atoms. The lowest BCUT2D eigenvalue weighted by atomic mass is 10.0. The first-order valence-electron chi connectivity index (χ1n) is 5.41. The molecule has 0 aliphatic carbocycles. The van der Waals surface area contributed by atoms with Crippen LogP contribution in [0, 0.1) is 0 Å². The van der Waals surface area contributed by atoms with Crippen LogP contribution in [0.5, 0.6) is 0 Å². The fourth-order valence-electron chi connectivity index (χ4n) is 1.77. The molecule has 1 aromatic carbocycles. The van der Waals surface area contributed by atoms with Gasteiger partial charge in [-0.05, 0) is 30.7 Å². The Balaban J connectivity index is 2.49. The first kappa shape index (κ1) is 12.6. The maximum Gasteiger partial charge on any atom is 0.416 e. The molecule has 1 heterocycles. The highest BCUT2D eigenvalue weighted by Gasteiger charge is 2.33. The summed E-state index contributed by atoms with van der Waals surface area (Å²) in [5.41, 5.74) is 5.33. The predicted molar refractivity (Wildman–Crippen MR) is 61.3 cm³/mol. The Morgan fingerprint density at radius 3 is 2.61 bits per heavy atom. The highest BCUT2D eigenvalue weighted by molar-refractivity contribution is 5.42. The van der Waals surface area contributed by atoms with Gasteiger partial charge in [0.25, 0.3) is 0 Å². The molecule has 0 aliphatic heterocycles. The van der Waals surface area contributed by atoms with Crippen molar-refractivity contribution in [2.24, 2.45) is 5.73 Å². The molecule has 0 amide bonds. The van der Waals surface area contributed by atoms with E-state index in [0.717, 1.165) is 6.07 Å². The highest BCUT2D eigenvalue weighted by Crippen LogP contribution is 2.33. The number of rotatable bonds is 3. The number of halogens is 3. The molecule has 3 nitrogen and oxygen atoms in total. The molecule has 2 aromatic rings. The zero-order valence-electron chi connectivity index (χ0n) is 9.48. The molecule has 0 atom stereocenters. The van der Waals surface area contributed by atoms with Crippen molar-refractivity contribution in [2.45, 2.75) is 12.6 Å². The summed E-state index contributed by atoms with van der Waals surface area (Å²) >= 11 is 0. The maximum atomic E-state index is 12.9. The number of nitrogens with zero attached hydrogens (tertiary/aromatic N) is 2. The number of benzene rings is 1. The summed E-state index contributed by atoms with van der Waals surface area (Å²) < 4.78 is 40.3. The van der Waals surface area contributed by atoms with Gasteiger partial charge in [0.05, 0.1) is 11.9 Å². The minimum atomic E-state index is -4.37. The third-order valence-corrected chi connectivity index (χ3v) is 2.62. The zero-order chi connectivity index (χ0) is 13.2. The van der Waals surface area contributed by atoms with E-state index >= 15 is 0 Å². The van der Waals surface area contributed by atoms with Crippen molar-refractivity contribution in [2.75, 3.05) is 6.54 Å². The summed E-state index contributed by atoms with van der Waals surface area (Å²) in [7, 11) is 0. The van der Waals surface area contributed by atoms with Gasteiger partial charge in [-0.2, -0.15) is 13.2 Å². The largest absolute Gasteiger partial charge is 0.416 e. The van der Waals surface area contributed by atoms with Crippen molar-refractivity contribution >= 4 is 0 Å². The Hall–Kier alpha value is -1.82. The van der Waals surface area contributed by atoms with Gasteiger partial charge >= 0.3 is 6.18 Å². The quantitative estimate of drug-likeness (QED) is 0.915. The Morgan fingerprint density at radius 1 is 1.28 bits per heavy atom. The SMILES string of the molecule is NCCc1ccc(-n2ccnc2)cc1C(F)(F)F. The van der Waals surface area contributed by atoms with Crippen LogP contribution in [0.25, 0.3) is 5.69 Å². The van der Waals surface area contributed by atoms with Crippen LogP contribution in [0.2, 0.25) is 0 Å². The molecule has 0 saturated heterocycles. The lowest BCUT2D eigenvalue weighted by molar-refractivity contribution is -0.138. The van der Waals surface area contributed by atoms with Gasteiger partial charge in [-0.25, -0.2) is 4.98 Å². The van der Waals surface area contributed by atoms with Crippen molar-refractivity contribution in [3.63, 3.8) is 0 Å². The van der Waals surface area contributed by atoms with E-state index in [4.69, 9.17) is 5.73 Å². The molecule has 6 heteroatoms. The average Bonchev–Trinajstić information content (AvgIpc) is 2.82. The number of hydrogen-bond donors (Lipinski definition) is 1. The topological polar surface area (TPSA) is 43.8 Å². The summed E-state index contributed by atoms with van der Waals surface area (Å²) in [6.07, 6.45) is 0.400. The molecule has 2 N–H and O–H groups in total. The molecule has 1 aromatic heterocycles. The van der Waals surface area contributed by atoms with Crippen molar-refractivity contribution in [1.29, 1.82) is 0 Å². The number of aromatic nitrogens is 2. The van der Waals surface area contributed by atoms with E-state index in [1.807, 2.05) is 0 Å². The van der Waals surface area contributed by atoms with Crippen LogP contribution in [0.15, 0.2) is 36.9 Å². The molecular weight excluding hydrogens is 243 g/mol. The van der Waals surface area contributed by atoms with Crippen LogP contribution in [0.3, 0.4) is 0 Å². The van der Waals surface area contributed by atoms with E-state index in [1.54, 1.807) is 12.3 Å². The first-order chi connectivity index (χ1) is 8.52. The van der Waals surface area contributed by atoms with Crippen LogP contribution >= 0.6 is 0 Å². The van der Waals surface area contributed by atoms with E-state index in [-0.39, 0.29) is 18.5 Å². The molecule has 0 unspecified atom stereocenters. The van der Waals surface area contributed by atoms with Crippen LogP contribution in [-0.2, 0) is 12.6 Å². The number of alkyl halides is 3. The van der Waals surface area contributed by atoms with Crippen LogP contribution in [-0.4, -0.2) is 16.1 Å². The van der Waals surface area contributed by atoms with Gasteiger partial charge < -0.3 is 10.3 Å². The van der Waals surface area contributed by atoms with Crippen LogP contribution in [0.1, 0.15) is 11.1 Å². The number of nitrogens with two attached hydrogens (primary N) is 1. The normalized spacial score (nSPS) is 11.8. The van der Waals surface area contributed by atoms with Crippen molar-refractivity contribution < 1.29 is 13.2 Å². The first-order valence-corrected chi connectivity index (χ1v) is 5.41. The van der Waals surface area contributed by atoms with Crippen molar-refractivity contribution in [3.8, 4) is 5.69 Å². The minimum Gasteiger partial charge on any atom is -0.330 e. The molecule has 96 valence electrons. The van der Waals surface area contributed by atoms with Gasteiger partial charge in [-0.3, -0.25) is 0 Å². The van der Waals surface area contributed by atoms with E-state index in [2.05, 4.69) is 4.98 Å². The van der Waals surface area contributed by atoms with E-state index in [1.165, 1.54) is 23.2 Å². The third-order valence-electron chi connectivity index (χ3n) is 2.62. The highest BCUT2D eigenvalue weighted by atomic mass is 19.4. The van der Waals surface area contributed by atoms with Gasteiger partial charge in [0.1, 0.15) is 0 Å². The lowest BCUT2D eigenvalue weighted by Crippen LogP contribution is -2.13.